The monoisotopic (exact) mass is 678 g/mol. The summed E-state index contributed by atoms with van der Waals surface area (Å²) in [6.07, 6.45) is 0.285. The first kappa shape index (κ1) is 41.9. The Hall–Kier alpha value is -3.17. The van der Waals surface area contributed by atoms with Crippen LogP contribution in [0, 0.1) is 11.8 Å². The number of amides is 1. The number of pyridine rings is 1. The molecular weight excluding hydrogens is 624 g/mol. The number of hydrogen-bond donors (Lipinski definition) is 2. The minimum absolute atomic E-state index is 0.0216. The number of ketones is 1. The minimum atomic E-state index is -1.21. The van der Waals surface area contributed by atoms with Gasteiger partial charge >= 0.3 is 5.97 Å². The highest BCUT2D eigenvalue weighted by Gasteiger charge is 2.29. The molecule has 0 aliphatic carbocycles. The molecule has 3 N–H and O–H groups in total. The number of aromatic nitrogens is 1. The van der Waals surface area contributed by atoms with Gasteiger partial charge in [-0.1, -0.05) is 38.6 Å². The first-order valence-corrected chi connectivity index (χ1v) is 16.6. The number of carbonyl (C=O) groups is 3. The highest BCUT2D eigenvalue weighted by molar-refractivity contribution is 8.02. The maximum Gasteiger partial charge on any atom is 0.316 e. The Labute approximate surface area is 284 Å². The molecule has 1 aromatic rings. The van der Waals surface area contributed by atoms with Gasteiger partial charge in [-0.15, -0.1) is 11.8 Å². The van der Waals surface area contributed by atoms with E-state index in [1.165, 1.54) is 32.5 Å². The van der Waals surface area contributed by atoms with E-state index in [2.05, 4.69) is 21.7 Å². The predicted octanol–water partition coefficient (Wildman–Crippen LogP) is 4.08. The molecule has 1 rings (SSSR count). The molecule has 264 valence electrons. The molecular formula is C33H54N6O7S. The van der Waals surface area contributed by atoms with Gasteiger partial charge in [-0.25, -0.2) is 9.98 Å². The lowest BCUT2D eigenvalue weighted by molar-refractivity contribution is -0.156. The number of nitrogen functional groups attached to an aromatic ring is 1. The third kappa shape index (κ3) is 15.5. The topological polar surface area (TPSA) is 169 Å². The molecule has 13 nitrogen and oxygen atoms in total. The normalized spacial score (nSPS) is 14.7. The molecule has 3 atom stereocenters. The van der Waals surface area contributed by atoms with Crippen molar-refractivity contribution in [2.75, 3.05) is 52.9 Å². The summed E-state index contributed by atoms with van der Waals surface area (Å²) in [5, 5.41) is 15.8. The fraction of sp³-hybridized carbons (Fsp3) is 0.636. The number of methoxy groups -OCH3 is 1. The van der Waals surface area contributed by atoms with Crippen molar-refractivity contribution in [1.29, 1.82) is 0 Å². The number of esters is 1. The van der Waals surface area contributed by atoms with Gasteiger partial charge in [-0.2, -0.15) is 0 Å². The second-order valence-electron chi connectivity index (χ2n) is 12.2. The van der Waals surface area contributed by atoms with Gasteiger partial charge < -0.3 is 25.2 Å². The second-order valence-corrected chi connectivity index (χ2v) is 13.2. The number of rotatable bonds is 22. The van der Waals surface area contributed by atoms with Gasteiger partial charge in [0.1, 0.15) is 29.5 Å². The van der Waals surface area contributed by atoms with E-state index in [1.807, 2.05) is 49.8 Å². The molecule has 0 saturated carbocycles. The quantitative estimate of drug-likeness (QED) is 0.0593. The van der Waals surface area contributed by atoms with Crippen LogP contribution in [-0.4, -0.2) is 108 Å². The smallest absolute Gasteiger partial charge is 0.316 e. The molecule has 47 heavy (non-hydrogen) atoms. The maximum absolute atomic E-state index is 13.1. The van der Waals surface area contributed by atoms with Crippen molar-refractivity contribution in [3.05, 3.63) is 35.9 Å². The molecule has 0 bridgehead atoms. The molecule has 0 radical (unpaired) electrons. The Bertz CT molecular complexity index is 1230. The van der Waals surface area contributed by atoms with Gasteiger partial charge in [0.05, 0.1) is 23.6 Å². The number of anilines is 1. The molecule has 0 fully saturated rings. The summed E-state index contributed by atoms with van der Waals surface area (Å²) in [6.45, 7) is 16.4. The Morgan fingerprint density at radius 2 is 1.89 bits per heavy atom. The van der Waals surface area contributed by atoms with Crippen molar-refractivity contribution < 1.29 is 33.8 Å². The summed E-state index contributed by atoms with van der Waals surface area (Å²) in [6, 6.07) is 5.07. The van der Waals surface area contributed by atoms with Gasteiger partial charge in [0.25, 0.3) is 0 Å². The summed E-state index contributed by atoms with van der Waals surface area (Å²) >= 11 is 1.45. The van der Waals surface area contributed by atoms with Crippen LogP contribution in [0.4, 0.5) is 5.82 Å². The van der Waals surface area contributed by atoms with Crippen LogP contribution in [0.5, 0.6) is 0 Å². The zero-order valence-electron chi connectivity index (χ0n) is 29.4. The second kappa shape index (κ2) is 20.9. The van der Waals surface area contributed by atoms with Crippen LogP contribution >= 0.6 is 11.8 Å². The van der Waals surface area contributed by atoms with Crippen molar-refractivity contribution in [3.8, 4) is 0 Å². The predicted molar refractivity (Wildman–Crippen MR) is 187 cm³/mol. The summed E-state index contributed by atoms with van der Waals surface area (Å²) in [4.78, 5) is 56.4. The molecule has 1 amide bonds. The first-order valence-electron chi connectivity index (χ1n) is 15.7. The molecule has 0 saturated heterocycles. The van der Waals surface area contributed by atoms with Crippen LogP contribution in [0.1, 0.15) is 72.4 Å². The Morgan fingerprint density at radius 1 is 1.21 bits per heavy atom. The minimum Gasteiger partial charge on any atom is -0.462 e. The number of hydrogen-bond acceptors (Lipinski definition) is 13. The van der Waals surface area contributed by atoms with Crippen LogP contribution in [0.25, 0.3) is 0 Å². The number of nitrogens with zero attached hydrogens (tertiary/aromatic N) is 5. The molecule has 0 aromatic carbocycles. The number of nitrogens with two attached hydrogens (primary N) is 1. The van der Waals surface area contributed by atoms with E-state index in [0.29, 0.717) is 17.2 Å². The van der Waals surface area contributed by atoms with E-state index in [-0.39, 0.29) is 74.9 Å². The van der Waals surface area contributed by atoms with Crippen molar-refractivity contribution in [1.82, 2.24) is 14.8 Å². The van der Waals surface area contributed by atoms with E-state index < -0.39 is 17.5 Å². The highest BCUT2D eigenvalue weighted by atomic mass is 32.2. The van der Waals surface area contributed by atoms with E-state index >= 15 is 0 Å². The van der Waals surface area contributed by atoms with Crippen molar-refractivity contribution in [3.63, 3.8) is 0 Å². The van der Waals surface area contributed by atoms with Crippen LogP contribution < -0.4 is 5.73 Å². The lowest BCUT2D eigenvalue weighted by Gasteiger charge is -2.32. The lowest BCUT2D eigenvalue weighted by Crippen LogP contribution is -2.46. The zero-order chi connectivity index (χ0) is 35.7. The van der Waals surface area contributed by atoms with Crippen LogP contribution in [0.2, 0.25) is 0 Å². The third-order valence-electron chi connectivity index (χ3n) is 7.00. The van der Waals surface area contributed by atoms with E-state index in [1.54, 1.807) is 25.5 Å². The SMILES string of the molecule is C=CSC(c1cccc(N)n1)N(C)CO/N=C(\COC)CN(CCC(=O)C(C)C(=O)OCC(C)(C)O)[C@@H](C)/C(=N\C(=O)CC)C(C)C. The number of Topliss-reactive ketones (excluding diaryl/α,β-unsaturated/α-hetero) is 1. The molecule has 1 aromatic heterocycles. The molecule has 2 unspecified atom stereocenters. The number of ether oxygens (including phenoxy) is 2. The number of aliphatic hydroxyl groups is 1. The standard InChI is InChI=1S/C33H54N6O7S/c1-11-29(41)36-30(22(3)4)24(6)39(17-16-27(40)23(5)32(42)45-20-33(7,8)43)18-25(19-44-10)37-46-21-38(9)31(47-12-2)26-14-13-15-28(34)35-26/h12-15,22-24,31,43H,2,11,16-21H2,1,3-10H3,(H2,34,35)/b36-30-,37-25-/t23?,24-,31?/m0/s1. The van der Waals surface area contributed by atoms with Gasteiger partial charge in [0, 0.05) is 44.8 Å². The summed E-state index contributed by atoms with van der Waals surface area (Å²) in [5.41, 5.74) is 6.64. The van der Waals surface area contributed by atoms with E-state index in [4.69, 9.17) is 20.0 Å². The van der Waals surface area contributed by atoms with Crippen LogP contribution in [0.3, 0.4) is 0 Å². The van der Waals surface area contributed by atoms with Crippen molar-refractivity contribution >= 4 is 46.7 Å². The largest absolute Gasteiger partial charge is 0.462 e. The Balaban J connectivity index is 3.23. The Morgan fingerprint density at radius 3 is 2.45 bits per heavy atom. The van der Waals surface area contributed by atoms with E-state index in [0.717, 1.165) is 5.69 Å². The highest BCUT2D eigenvalue weighted by Crippen LogP contribution is 2.31. The van der Waals surface area contributed by atoms with Gasteiger partial charge in [0.2, 0.25) is 5.91 Å². The summed E-state index contributed by atoms with van der Waals surface area (Å²) in [7, 11) is 3.41. The fourth-order valence-corrected chi connectivity index (χ4v) is 5.10. The maximum atomic E-state index is 13.1. The number of thioether (sulfide) groups is 1. The van der Waals surface area contributed by atoms with Gasteiger partial charge in [0.15, 0.2) is 6.73 Å². The molecule has 0 spiro atoms. The van der Waals surface area contributed by atoms with Crippen molar-refractivity contribution in [2.24, 2.45) is 22.0 Å². The average Bonchev–Trinajstić information content (AvgIpc) is 3.01. The van der Waals surface area contributed by atoms with Crippen LogP contribution in [0.15, 0.2) is 40.3 Å². The average molecular weight is 679 g/mol. The lowest BCUT2D eigenvalue weighted by atomic mass is 9.98. The molecule has 1 heterocycles. The molecule has 14 heteroatoms. The first-order chi connectivity index (χ1) is 22.0. The Kier molecular flexibility index (Phi) is 18.6. The number of carbonyl (C=O) groups excluding carboxylic acids is 3. The molecule has 0 aliphatic rings. The fourth-order valence-electron chi connectivity index (χ4n) is 4.38. The summed E-state index contributed by atoms with van der Waals surface area (Å²) in [5.74, 6) is -1.92. The van der Waals surface area contributed by atoms with Crippen LogP contribution in [-0.2, 0) is 28.7 Å². The number of aliphatic imine (C=N–C) groups is 1. The summed E-state index contributed by atoms with van der Waals surface area (Å²) < 4.78 is 10.6. The van der Waals surface area contributed by atoms with Gasteiger partial charge in [-0.05, 0) is 58.2 Å². The molecule has 0 aliphatic heterocycles. The number of oxime groups is 1. The van der Waals surface area contributed by atoms with E-state index in [9.17, 15) is 19.5 Å². The van der Waals surface area contributed by atoms with Crippen molar-refractivity contribution in [2.45, 2.75) is 78.3 Å². The zero-order valence-corrected chi connectivity index (χ0v) is 30.2. The third-order valence-corrected chi connectivity index (χ3v) is 8.05. The van der Waals surface area contributed by atoms with Gasteiger partial charge in [-0.3, -0.25) is 24.2 Å².